The van der Waals surface area contributed by atoms with E-state index in [1.54, 1.807) is 31.3 Å². The van der Waals surface area contributed by atoms with Gasteiger partial charge >= 0.3 is 0 Å². The van der Waals surface area contributed by atoms with Gasteiger partial charge in [0.15, 0.2) is 5.82 Å². The molecule has 1 aromatic carbocycles. The van der Waals surface area contributed by atoms with Crippen LogP contribution in [0.4, 0.5) is 4.39 Å². The lowest BCUT2D eigenvalue weighted by Crippen LogP contribution is -1.90. The summed E-state index contributed by atoms with van der Waals surface area (Å²) < 4.78 is 13.0. The molecule has 0 saturated heterocycles. The van der Waals surface area contributed by atoms with Crippen molar-refractivity contribution >= 4 is 11.6 Å². The molecule has 0 aliphatic heterocycles. The van der Waals surface area contributed by atoms with Gasteiger partial charge in [0, 0.05) is 11.8 Å². The van der Waals surface area contributed by atoms with Crippen molar-refractivity contribution in [2.45, 2.75) is 6.92 Å². The Balaban J connectivity index is 2.50. The minimum atomic E-state index is -0.235. The third kappa shape index (κ3) is 2.13. The number of nitrogens with zero attached hydrogens (tertiary/aromatic N) is 2. The number of aryl methyl sites for hydroxylation is 1. The van der Waals surface area contributed by atoms with Crippen molar-refractivity contribution in [1.29, 1.82) is 0 Å². The van der Waals surface area contributed by atoms with E-state index in [0.717, 1.165) is 5.56 Å². The molecule has 2 aromatic rings. The van der Waals surface area contributed by atoms with Crippen molar-refractivity contribution in [2.75, 3.05) is 0 Å². The quantitative estimate of drug-likeness (QED) is 0.693. The minimum Gasteiger partial charge on any atom is -0.236 e. The summed E-state index contributed by atoms with van der Waals surface area (Å²) in [4.78, 5) is 8.11. The zero-order valence-electron chi connectivity index (χ0n) is 8.04. The Labute approximate surface area is 91.8 Å². The van der Waals surface area contributed by atoms with E-state index >= 15 is 0 Å². The summed E-state index contributed by atoms with van der Waals surface area (Å²) in [6, 6.07) is 6.32. The van der Waals surface area contributed by atoms with E-state index < -0.39 is 0 Å². The second kappa shape index (κ2) is 3.95. The van der Waals surface area contributed by atoms with Crippen LogP contribution in [-0.2, 0) is 0 Å². The summed E-state index contributed by atoms with van der Waals surface area (Å²) in [7, 11) is 0. The number of benzene rings is 1. The van der Waals surface area contributed by atoms with Crippen molar-refractivity contribution in [3.63, 3.8) is 0 Å². The largest absolute Gasteiger partial charge is 0.236 e. The van der Waals surface area contributed by atoms with Gasteiger partial charge in [0.1, 0.15) is 11.0 Å². The molecule has 0 amide bonds. The molecule has 0 aliphatic rings. The van der Waals surface area contributed by atoms with Crippen LogP contribution < -0.4 is 0 Å². The van der Waals surface area contributed by atoms with Crippen molar-refractivity contribution in [3.8, 4) is 11.4 Å². The maximum absolute atomic E-state index is 13.0. The minimum absolute atomic E-state index is 0.235. The summed E-state index contributed by atoms with van der Waals surface area (Å²) >= 11 is 5.74. The summed E-state index contributed by atoms with van der Waals surface area (Å²) in [5, 5.41) is 0.377. The van der Waals surface area contributed by atoms with Crippen LogP contribution in [-0.4, -0.2) is 9.97 Å². The Morgan fingerprint density at radius 3 is 2.73 bits per heavy atom. The SMILES string of the molecule is Cc1cc(-c2nccc(Cl)n2)ccc1F. The number of aromatic nitrogens is 2. The zero-order chi connectivity index (χ0) is 10.8. The van der Waals surface area contributed by atoms with Gasteiger partial charge in [-0.25, -0.2) is 14.4 Å². The van der Waals surface area contributed by atoms with Crippen LogP contribution in [0.15, 0.2) is 30.5 Å². The summed E-state index contributed by atoms with van der Waals surface area (Å²) in [5.74, 6) is 0.270. The monoisotopic (exact) mass is 222 g/mol. The Hall–Kier alpha value is -1.48. The second-order valence-electron chi connectivity index (χ2n) is 3.17. The maximum Gasteiger partial charge on any atom is 0.160 e. The molecule has 0 fully saturated rings. The lowest BCUT2D eigenvalue weighted by Gasteiger charge is -2.02. The van der Waals surface area contributed by atoms with Crippen molar-refractivity contribution in [1.82, 2.24) is 9.97 Å². The first kappa shape index (κ1) is 10.1. The predicted octanol–water partition coefficient (Wildman–Crippen LogP) is 3.24. The number of hydrogen-bond acceptors (Lipinski definition) is 2. The van der Waals surface area contributed by atoms with Gasteiger partial charge < -0.3 is 0 Å². The Morgan fingerprint density at radius 2 is 2.07 bits per heavy atom. The van der Waals surface area contributed by atoms with Gasteiger partial charge in [-0.3, -0.25) is 0 Å². The molecule has 2 nitrogen and oxygen atoms in total. The highest BCUT2D eigenvalue weighted by Crippen LogP contribution is 2.19. The maximum atomic E-state index is 13.0. The molecule has 2 rings (SSSR count). The molecule has 0 bridgehead atoms. The predicted molar refractivity (Wildman–Crippen MR) is 57.2 cm³/mol. The molecular weight excluding hydrogens is 215 g/mol. The highest BCUT2D eigenvalue weighted by molar-refractivity contribution is 6.29. The van der Waals surface area contributed by atoms with E-state index in [4.69, 9.17) is 11.6 Å². The highest BCUT2D eigenvalue weighted by Gasteiger charge is 2.04. The van der Waals surface area contributed by atoms with E-state index in [-0.39, 0.29) is 5.82 Å². The van der Waals surface area contributed by atoms with E-state index in [1.165, 1.54) is 6.07 Å². The van der Waals surface area contributed by atoms with Crippen LogP contribution in [0, 0.1) is 12.7 Å². The van der Waals surface area contributed by atoms with Crippen LogP contribution in [0.2, 0.25) is 5.15 Å². The van der Waals surface area contributed by atoms with Crippen molar-refractivity contribution in [2.24, 2.45) is 0 Å². The number of rotatable bonds is 1. The number of halogens is 2. The molecule has 0 aliphatic carbocycles. The molecule has 0 unspecified atom stereocenters. The summed E-state index contributed by atoms with van der Waals surface area (Å²) in [6.45, 7) is 1.70. The zero-order valence-corrected chi connectivity index (χ0v) is 8.79. The third-order valence-electron chi connectivity index (χ3n) is 2.04. The first-order chi connectivity index (χ1) is 7.16. The van der Waals surface area contributed by atoms with Crippen LogP contribution in [0.1, 0.15) is 5.56 Å². The smallest absolute Gasteiger partial charge is 0.160 e. The fraction of sp³-hybridized carbons (Fsp3) is 0.0909. The van der Waals surface area contributed by atoms with E-state index in [0.29, 0.717) is 16.5 Å². The molecule has 0 N–H and O–H groups in total. The van der Waals surface area contributed by atoms with Gasteiger partial charge in [-0.2, -0.15) is 0 Å². The van der Waals surface area contributed by atoms with Crippen LogP contribution in [0.5, 0.6) is 0 Å². The first-order valence-corrected chi connectivity index (χ1v) is 4.79. The van der Waals surface area contributed by atoms with E-state index in [1.807, 2.05) is 0 Å². The highest BCUT2D eigenvalue weighted by atomic mass is 35.5. The van der Waals surface area contributed by atoms with Gasteiger partial charge in [-0.05, 0) is 36.8 Å². The van der Waals surface area contributed by atoms with Gasteiger partial charge in [-0.1, -0.05) is 11.6 Å². The number of hydrogen-bond donors (Lipinski definition) is 0. The molecule has 0 saturated carbocycles. The van der Waals surface area contributed by atoms with Crippen LogP contribution in [0.3, 0.4) is 0 Å². The topological polar surface area (TPSA) is 25.8 Å². The fourth-order valence-electron chi connectivity index (χ4n) is 1.26. The molecule has 0 spiro atoms. The third-order valence-corrected chi connectivity index (χ3v) is 2.25. The first-order valence-electron chi connectivity index (χ1n) is 4.42. The van der Waals surface area contributed by atoms with Gasteiger partial charge in [0.05, 0.1) is 0 Å². The fourth-order valence-corrected chi connectivity index (χ4v) is 1.40. The Kier molecular flexibility index (Phi) is 2.64. The summed E-state index contributed by atoms with van der Waals surface area (Å²) in [6.07, 6.45) is 1.57. The average molecular weight is 223 g/mol. The molecule has 0 atom stereocenters. The van der Waals surface area contributed by atoms with Crippen molar-refractivity contribution < 1.29 is 4.39 Å². The standard InChI is InChI=1S/C11H8ClFN2/c1-7-6-8(2-3-9(7)13)11-14-5-4-10(12)15-11/h2-6H,1H3. The molecule has 1 aromatic heterocycles. The van der Waals surface area contributed by atoms with Gasteiger partial charge in [-0.15, -0.1) is 0 Å². The van der Waals surface area contributed by atoms with Gasteiger partial charge in [0.2, 0.25) is 0 Å². The second-order valence-corrected chi connectivity index (χ2v) is 3.55. The van der Waals surface area contributed by atoms with Crippen LogP contribution >= 0.6 is 11.6 Å². The van der Waals surface area contributed by atoms with Gasteiger partial charge in [0.25, 0.3) is 0 Å². The Morgan fingerprint density at radius 1 is 1.27 bits per heavy atom. The molecular formula is C11H8ClFN2. The molecule has 4 heteroatoms. The molecule has 1 heterocycles. The molecule has 76 valence electrons. The average Bonchev–Trinajstić information content (AvgIpc) is 2.22. The van der Waals surface area contributed by atoms with Crippen LogP contribution in [0.25, 0.3) is 11.4 Å². The summed E-state index contributed by atoms with van der Waals surface area (Å²) in [5.41, 5.74) is 1.33. The molecule has 0 radical (unpaired) electrons. The van der Waals surface area contributed by atoms with E-state index in [2.05, 4.69) is 9.97 Å². The van der Waals surface area contributed by atoms with Crippen molar-refractivity contribution in [3.05, 3.63) is 47.0 Å². The lowest BCUT2D eigenvalue weighted by atomic mass is 10.1. The van der Waals surface area contributed by atoms with E-state index in [9.17, 15) is 4.39 Å². The normalized spacial score (nSPS) is 10.3. The lowest BCUT2D eigenvalue weighted by molar-refractivity contribution is 0.618. The molecule has 15 heavy (non-hydrogen) atoms. The Bertz CT molecular complexity index is 500.